The number of sulfonamides is 1. The van der Waals surface area contributed by atoms with Crippen LogP contribution < -0.4 is 4.72 Å². The monoisotopic (exact) mass is 661 g/mol. The molecule has 2 unspecified atom stereocenters. The first-order valence-corrected chi connectivity index (χ1v) is 18.5. The number of halogens is 3. The second kappa shape index (κ2) is 13.1. The van der Waals surface area contributed by atoms with Gasteiger partial charge in [0.15, 0.2) is 9.84 Å². The van der Waals surface area contributed by atoms with Gasteiger partial charge in [-0.25, -0.2) is 16.8 Å². The van der Waals surface area contributed by atoms with Gasteiger partial charge in [-0.2, -0.15) is 17.9 Å². The molecule has 1 heterocycles. The fraction of sp³-hybridized carbons (Fsp3) is 0.552. The first-order valence-electron chi connectivity index (χ1n) is 14.1. The predicted molar refractivity (Wildman–Crippen MR) is 160 cm³/mol. The molecule has 4 rings (SSSR count). The summed E-state index contributed by atoms with van der Waals surface area (Å²) in [7, 11) is -6.12. The minimum Gasteiger partial charge on any atom is -0.338 e. The number of likely N-dealkylation sites (tertiary alicyclic amines) is 1. The van der Waals surface area contributed by atoms with Crippen LogP contribution in [0.15, 0.2) is 63.2 Å². The Kier molecular flexibility index (Phi) is 10.3. The molecule has 0 radical (unpaired) electrons. The molecule has 238 valence electrons. The van der Waals surface area contributed by atoms with Gasteiger partial charge in [-0.05, 0) is 101 Å². The molecule has 1 N–H and O–H groups in total. The second-order valence-corrected chi connectivity index (χ2v) is 16.2. The summed E-state index contributed by atoms with van der Waals surface area (Å²) in [6.07, 6.45) is -0.860. The summed E-state index contributed by atoms with van der Waals surface area (Å²) in [5.41, 5.74) is -1.11. The van der Waals surface area contributed by atoms with Gasteiger partial charge in [0.05, 0.1) is 21.1 Å². The van der Waals surface area contributed by atoms with Crippen molar-refractivity contribution in [3.8, 4) is 0 Å². The number of nitrogens with zero attached hydrogens (tertiary/aromatic N) is 2. The van der Waals surface area contributed by atoms with E-state index in [-0.39, 0.29) is 35.7 Å². The molecular weight excluding hydrogens is 624 g/mol. The van der Waals surface area contributed by atoms with E-state index in [0.717, 1.165) is 29.5 Å². The maximum Gasteiger partial charge on any atom is 0.416 e. The summed E-state index contributed by atoms with van der Waals surface area (Å²) in [5.74, 6) is -1.06. The van der Waals surface area contributed by atoms with Gasteiger partial charge in [-0.1, -0.05) is 6.07 Å². The van der Waals surface area contributed by atoms with Crippen molar-refractivity contribution in [2.45, 2.75) is 84.6 Å². The Morgan fingerprint density at radius 3 is 2.30 bits per heavy atom. The number of nitrogens with one attached hydrogen (secondary N) is 1. The zero-order chi connectivity index (χ0) is 31.7. The number of alkyl halides is 3. The van der Waals surface area contributed by atoms with Crippen LogP contribution in [0.2, 0.25) is 0 Å². The van der Waals surface area contributed by atoms with Crippen LogP contribution >= 0.6 is 11.8 Å². The first-order chi connectivity index (χ1) is 20.0. The largest absolute Gasteiger partial charge is 0.416 e. The third-order valence-electron chi connectivity index (χ3n) is 8.57. The molecule has 1 amide bonds. The van der Waals surface area contributed by atoms with Crippen molar-refractivity contribution in [3.05, 3.63) is 54.1 Å². The molecule has 2 aromatic rings. The van der Waals surface area contributed by atoms with Crippen molar-refractivity contribution in [1.29, 1.82) is 0 Å². The number of carbonyl (C=O) groups is 1. The molecule has 2 aromatic carbocycles. The van der Waals surface area contributed by atoms with Crippen LogP contribution in [-0.2, 0) is 30.8 Å². The molecule has 0 aromatic heterocycles. The lowest BCUT2D eigenvalue weighted by molar-refractivity contribution is -0.137. The number of sulfone groups is 1. The smallest absolute Gasteiger partial charge is 0.338 e. The van der Waals surface area contributed by atoms with Gasteiger partial charge in [0.1, 0.15) is 6.04 Å². The summed E-state index contributed by atoms with van der Waals surface area (Å²) in [5, 5.41) is 0. The number of thioether (sulfide) groups is 1. The first kappa shape index (κ1) is 33.8. The molecule has 1 aliphatic carbocycles. The Morgan fingerprint density at radius 2 is 1.70 bits per heavy atom. The molecule has 43 heavy (non-hydrogen) atoms. The third kappa shape index (κ3) is 7.75. The molecular formula is C29H38F3N3O5S3. The number of carbonyl (C=O) groups excluding carboxylic acids is 1. The van der Waals surface area contributed by atoms with Crippen LogP contribution in [0, 0.1) is 5.92 Å². The van der Waals surface area contributed by atoms with Gasteiger partial charge >= 0.3 is 6.18 Å². The Bertz CT molecular complexity index is 1520. The SMILES string of the molecule is CSc1ccc(S(=O)(=O)C[C@@H]2CC(N(C)C(C)C)CCC2N2CC[C@H](NS(=O)(=O)c3cccc(C(F)(F)F)c3)C2=O)cc1. The van der Waals surface area contributed by atoms with Gasteiger partial charge in [-0.3, -0.25) is 4.79 Å². The van der Waals surface area contributed by atoms with E-state index in [1.54, 1.807) is 29.2 Å². The van der Waals surface area contributed by atoms with E-state index < -0.39 is 60.4 Å². The highest BCUT2D eigenvalue weighted by atomic mass is 32.2. The fourth-order valence-electron chi connectivity index (χ4n) is 6.00. The van der Waals surface area contributed by atoms with E-state index in [0.29, 0.717) is 18.9 Å². The zero-order valence-corrected chi connectivity index (χ0v) is 27.0. The van der Waals surface area contributed by atoms with E-state index in [1.165, 1.54) is 11.8 Å². The van der Waals surface area contributed by atoms with Crippen LogP contribution in [0.5, 0.6) is 0 Å². The van der Waals surface area contributed by atoms with Crippen LogP contribution in [0.25, 0.3) is 0 Å². The van der Waals surface area contributed by atoms with Crippen molar-refractivity contribution < 1.29 is 34.8 Å². The molecule has 2 aliphatic rings. The average molecular weight is 662 g/mol. The van der Waals surface area contributed by atoms with Crippen LogP contribution in [0.1, 0.15) is 45.1 Å². The number of rotatable bonds is 10. The Hall–Kier alpha value is -2.13. The van der Waals surface area contributed by atoms with E-state index in [1.807, 2.05) is 13.3 Å². The molecule has 1 saturated carbocycles. The number of benzene rings is 2. The molecule has 1 aliphatic heterocycles. The van der Waals surface area contributed by atoms with Crippen molar-refractivity contribution in [1.82, 2.24) is 14.5 Å². The second-order valence-electron chi connectivity index (χ2n) is 11.5. The Labute approximate surface area is 256 Å². The molecule has 0 spiro atoms. The lowest BCUT2D eigenvalue weighted by atomic mass is 9.81. The molecule has 14 heteroatoms. The minimum absolute atomic E-state index is 0.114. The Morgan fingerprint density at radius 1 is 1.02 bits per heavy atom. The molecule has 8 nitrogen and oxygen atoms in total. The topological polar surface area (TPSA) is 104 Å². The van der Waals surface area contributed by atoms with Crippen LogP contribution in [-0.4, -0.2) is 82.3 Å². The lowest BCUT2D eigenvalue weighted by Crippen LogP contribution is -2.53. The van der Waals surface area contributed by atoms with Gasteiger partial charge < -0.3 is 9.80 Å². The normalized spacial score (nSPS) is 23.8. The number of hydrogen-bond acceptors (Lipinski definition) is 7. The summed E-state index contributed by atoms with van der Waals surface area (Å²) in [4.78, 5) is 17.9. The molecule has 1 saturated heterocycles. The molecule has 2 fully saturated rings. The van der Waals surface area contributed by atoms with Crippen molar-refractivity contribution in [2.75, 3.05) is 25.6 Å². The van der Waals surface area contributed by atoms with Crippen LogP contribution in [0.4, 0.5) is 13.2 Å². The summed E-state index contributed by atoms with van der Waals surface area (Å²) in [6.45, 7) is 4.34. The quantitative estimate of drug-likeness (QED) is 0.370. The number of amides is 1. The Balaban J connectivity index is 1.55. The number of hydrogen-bond donors (Lipinski definition) is 1. The summed E-state index contributed by atoms with van der Waals surface area (Å²) >= 11 is 1.51. The lowest BCUT2D eigenvalue weighted by Gasteiger charge is -2.44. The maximum atomic E-state index is 13.6. The predicted octanol–water partition coefficient (Wildman–Crippen LogP) is 4.66. The van der Waals surface area contributed by atoms with E-state index in [4.69, 9.17) is 0 Å². The average Bonchev–Trinajstić information content (AvgIpc) is 3.30. The maximum absolute atomic E-state index is 13.6. The van der Waals surface area contributed by atoms with Gasteiger partial charge in [0.2, 0.25) is 15.9 Å². The van der Waals surface area contributed by atoms with Crippen molar-refractivity contribution in [3.63, 3.8) is 0 Å². The third-order valence-corrected chi connectivity index (χ3v) is 12.6. The van der Waals surface area contributed by atoms with Crippen LogP contribution in [0.3, 0.4) is 0 Å². The van der Waals surface area contributed by atoms with Crippen molar-refractivity contribution >= 4 is 37.5 Å². The standard InChI is InChI=1S/C29H38F3N3O5S3/c1-19(2)34(3)22-8-13-27(20(16-22)18-42(37,38)24-11-9-23(41-4)10-12-24)35-15-14-26(28(35)36)33-43(39,40)25-7-5-6-21(17-25)29(30,31)32/h5-7,9-12,17,19-20,22,26-27,33H,8,13-16,18H2,1-4H3/t20-,22?,26-,27?/m0/s1. The van der Waals surface area contributed by atoms with Gasteiger partial charge in [-0.15, -0.1) is 11.8 Å². The van der Waals surface area contributed by atoms with E-state index in [9.17, 15) is 34.8 Å². The van der Waals surface area contributed by atoms with E-state index >= 15 is 0 Å². The van der Waals surface area contributed by atoms with E-state index in [2.05, 4.69) is 23.5 Å². The fourth-order valence-corrected chi connectivity index (χ4v) is 9.34. The zero-order valence-electron chi connectivity index (χ0n) is 24.5. The van der Waals surface area contributed by atoms with Gasteiger partial charge in [0.25, 0.3) is 0 Å². The highest BCUT2D eigenvalue weighted by molar-refractivity contribution is 7.98. The molecule has 0 bridgehead atoms. The minimum atomic E-state index is -4.72. The highest BCUT2D eigenvalue weighted by Crippen LogP contribution is 2.36. The van der Waals surface area contributed by atoms with Crippen molar-refractivity contribution in [2.24, 2.45) is 5.92 Å². The highest BCUT2D eigenvalue weighted by Gasteiger charge is 2.45. The summed E-state index contributed by atoms with van der Waals surface area (Å²) < 4.78 is 94.9. The summed E-state index contributed by atoms with van der Waals surface area (Å²) in [6, 6.07) is 8.85. The molecule has 4 atom stereocenters. The van der Waals surface area contributed by atoms with Gasteiger partial charge in [0, 0.05) is 29.6 Å².